The Bertz CT molecular complexity index is 454. The molecule has 0 saturated heterocycles. The Balaban J connectivity index is 5.65. The van der Waals surface area contributed by atoms with E-state index in [9.17, 15) is 4.79 Å². The molecule has 0 aromatic rings. The van der Waals surface area contributed by atoms with Crippen molar-refractivity contribution in [2.75, 3.05) is 27.9 Å². The first-order valence-corrected chi connectivity index (χ1v) is 12.5. The van der Waals surface area contributed by atoms with Crippen molar-refractivity contribution >= 4 is 14.8 Å². The van der Waals surface area contributed by atoms with E-state index in [1.54, 1.807) is 41.5 Å². The van der Waals surface area contributed by atoms with Gasteiger partial charge in [0.05, 0.1) is 0 Å². The van der Waals surface area contributed by atoms with Gasteiger partial charge in [0.2, 0.25) is 0 Å². The minimum absolute atomic E-state index is 0.303. The predicted octanol–water partition coefficient (Wildman–Crippen LogP) is 2.10. The molecule has 0 aliphatic heterocycles. The Morgan fingerprint density at radius 1 is 0.719 bits per heavy atom. The average Bonchev–Trinajstić information content (AvgIpc) is 2.70. The van der Waals surface area contributed by atoms with Crippen molar-refractivity contribution < 1.29 is 46.5 Å². The van der Waals surface area contributed by atoms with Crippen molar-refractivity contribution in [2.45, 2.75) is 91.7 Å². The van der Waals surface area contributed by atoms with E-state index < -0.39 is 52.6 Å². The fraction of sp³-hybridized carbons (Fsp3) is 0.947. The van der Waals surface area contributed by atoms with Gasteiger partial charge in [-0.3, -0.25) is 0 Å². The van der Waals surface area contributed by atoms with E-state index in [-0.39, 0.29) is 0 Å². The van der Waals surface area contributed by atoms with Gasteiger partial charge in [-0.2, -0.15) is 0 Å². The molecule has 0 saturated carbocycles. The minimum Gasteiger partial charge on any atom is -0.356 e. The van der Waals surface area contributed by atoms with Gasteiger partial charge in [0, 0.05) is 33.9 Å². The number of rotatable bonds is 19. The topological polar surface area (TPSA) is 138 Å². The summed E-state index contributed by atoms with van der Waals surface area (Å²) in [5, 5.41) is 2.54. The first-order valence-electron chi connectivity index (χ1n) is 10.6. The molecule has 3 N–H and O–H groups in total. The van der Waals surface area contributed by atoms with Crippen molar-refractivity contribution in [1.29, 1.82) is 0 Å². The molecule has 6 atom stereocenters. The Hall–Kier alpha value is -0.873. The number of carbonyl (C=O) groups excluding carboxylic acids is 1. The van der Waals surface area contributed by atoms with E-state index in [4.69, 9.17) is 47.4 Å². The van der Waals surface area contributed by atoms with E-state index in [1.165, 1.54) is 21.3 Å². The second-order valence-electron chi connectivity index (χ2n) is 6.95. The zero-order chi connectivity index (χ0) is 24.7. The zero-order valence-electron chi connectivity index (χ0n) is 20.7. The summed E-state index contributed by atoms with van der Waals surface area (Å²) in [6.07, 6.45) is -3.30. The fourth-order valence-electron chi connectivity index (χ4n) is 2.59. The monoisotopic (exact) mass is 486 g/mol. The highest BCUT2D eigenvalue weighted by Gasteiger charge is 2.47. The third-order valence-corrected chi connectivity index (χ3v) is 7.18. The third kappa shape index (κ3) is 14.3. The molecule has 0 aromatic carbocycles. The Labute approximate surface area is 192 Å². The lowest BCUT2D eigenvalue weighted by Gasteiger charge is -2.37. The molecule has 0 spiro atoms. The van der Waals surface area contributed by atoms with Gasteiger partial charge >= 0.3 is 14.8 Å². The predicted molar refractivity (Wildman–Crippen MR) is 117 cm³/mol. The molecule has 0 aliphatic rings. The molecule has 0 aromatic heterocycles. The van der Waals surface area contributed by atoms with Crippen molar-refractivity contribution in [3.05, 3.63) is 0 Å². The van der Waals surface area contributed by atoms with Gasteiger partial charge in [0.1, 0.15) is 0 Å². The van der Waals surface area contributed by atoms with Gasteiger partial charge in [-0.25, -0.2) is 4.79 Å². The highest BCUT2D eigenvalue weighted by Crippen LogP contribution is 2.26. The van der Waals surface area contributed by atoms with Gasteiger partial charge in [-0.05, 0) is 48.0 Å². The average molecular weight is 487 g/mol. The highest BCUT2D eigenvalue weighted by molar-refractivity contribution is 6.60. The van der Waals surface area contributed by atoms with Crippen LogP contribution in [0.1, 0.15) is 48.0 Å². The molecule has 13 heteroatoms. The molecule has 32 heavy (non-hydrogen) atoms. The summed E-state index contributed by atoms with van der Waals surface area (Å²) in [6, 6.07) is -0.311. The van der Waals surface area contributed by atoms with Crippen LogP contribution in [-0.2, 0) is 41.7 Å². The van der Waals surface area contributed by atoms with Crippen LogP contribution in [0.2, 0.25) is 6.04 Å². The number of carbonyl (C=O) groups is 1. The molecule has 2 amide bonds. The summed E-state index contributed by atoms with van der Waals surface area (Å²) in [5.74, 6) is 0. The number of urea groups is 1. The molecular weight excluding hydrogens is 444 g/mol. The second-order valence-corrected chi connectivity index (χ2v) is 9.53. The van der Waals surface area contributed by atoms with E-state index >= 15 is 0 Å². The van der Waals surface area contributed by atoms with E-state index in [0.717, 1.165) is 0 Å². The summed E-state index contributed by atoms with van der Waals surface area (Å²) in [5.41, 5.74) is 5.16. The van der Waals surface area contributed by atoms with Gasteiger partial charge in [-0.1, -0.05) is 0 Å². The standard InChI is InChI=1S/C19H42N2O10Si/c1-13(23-7)26-16(4)29-32(12-10-11-21-19(20)22,30-17(5)27-14(2)24-8)31-18(6)28-15(3)25-9/h13-18H,10-12H2,1-9H3,(H3,20,21,22). The van der Waals surface area contributed by atoms with Crippen LogP contribution in [0.25, 0.3) is 0 Å². The Kier molecular flexibility index (Phi) is 16.2. The molecule has 0 bridgehead atoms. The lowest BCUT2D eigenvalue weighted by atomic mass is 10.5. The smallest absolute Gasteiger partial charge is 0.356 e. The van der Waals surface area contributed by atoms with Gasteiger partial charge in [0.15, 0.2) is 37.7 Å². The van der Waals surface area contributed by atoms with Gasteiger partial charge in [0.25, 0.3) is 0 Å². The summed E-state index contributed by atoms with van der Waals surface area (Å²) in [4.78, 5) is 11.0. The van der Waals surface area contributed by atoms with Crippen molar-refractivity contribution in [3.63, 3.8) is 0 Å². The first kappa shape index (κ1) is 31.1. The number of ether oxygens (including phenoxy) is 6. The minimum atomic E-state index is -3.53. The maximum absolute atomic E-state index is 11.0. The van der Waals surface area contributed by atoms with Crippen molar-refractivity contribution in [3.8, 4) is 0 Å². The summed E-state index contributed by atoms with van der Waals surface area (Å²) >= 11 is 0. The Morgan fingerprint density at radius 3 is 1.34 bits per heavy atom. The Morgan fingerprint density at radius 2 is 1.06 bits per heavy atom. The normalized spacial score (nSPS) is 19.4. The molecule has 6 unspecified atom stereocenters. The van der Waals surface area contributed by atoms with Crippen LogP contribution in [0.3, 0.4) is 0 Å². The first-order chi connectivity index (χ1) is 15.0. The molecule has 0 heterocycles. The number of primary amides is 1. The zero-order valence-corrected chi connectivity index (χ0v) is 21.7. The number of hydrogen-bond donors (Lipinski definition) is 2. The molecule has 192 valence electrons. The van der Waals surface area contributed by atoms with Gasteiger partial charge < -0.3 is 52.7 Å². The van der Waals surface area contributed by atoms with Crippen LogP contribution in [0.15, 0.2) is 0 Å². The van der Waals surface area contributed by atoms with Crippen molar-refractivity contribution in [1.82, 2.24) is 5.32 Å². The van der Waals surface area contributed by atoms with Gasteiger partial charge in [-0.15, -0.1) is 0 Å². The van der Waals surface area contributed by atoms with Crippen LogP contribution < -0.4 is 11.1 Å². The summed E-state index contributed by atoms with van der Waals surface area (Å²) in [6.45, 7) is 10.6. The molecule has 0 rings (SSSR count). The highest BCUT2D eigenvalue weighted by atomic mass is 28.4. The fourth-order valence-corrected chi connectivity index (χ4v) is 5.41. The largest absolute Gasteiger partial charge is 0.506 e. The lowest BCUT2D eigenvalue weighted by Crippen LogP contribution is -2.54. The number of methoxy groups -OCH3 is 3. The molecule has 0 fully saturated rings. The van der Waals surface area contributed by atoms with Crippen LogP contribution in [0.4, 0.5) is 4.79 Å². The van der Waals surface area contributed by atoms with E-state index in [1.807, 2.05) is 0 Å². The summed E-state index contributed by atoms with van der Waals surface area (Å²) in [7, 11) is 1.04. The number of nitrogens with one attached hydrogen (secondary N) is 1. The maximum Gasteiger partial charge on any atom is 0.506 e. The maximum atomic E-state index is 11.0. The van der Waals surface area contributed by atoms with Crippen LogP contribution in [0.5, 0.6) is 0 Å². The quantitative estimate of drug-likeness (QED) is 0.158. The molecule has 0 radical (unpaired) electrons. The van der Waals surface area contributed by atoms with Crippen LogP contribution >= 0.6 is 0 Å². The van der Waals surface area contributed by atoms with E-state index in [0.29, 0.717) is 19.0 Å². The number of amides is 2. The molecule has 0 aliphatic carbocycles. The lowest BCUT2D eigenvalue weighted by molar-refractivity contribution is -0.251. The number of nitrogens with two attached hydrogens (primary N) is 1. The van der Waals surface area contributed by atoms with E-state index in [2.05, 4.69) is 5.32 Å². The van der Waals surface area contributed by atoms with Crippen molar-refractivity contribution in [2.24, 2.45) is 5.73 Å². The molecular formula is C19H42N2O10Si. The summed E-state index contributed by atoms with van der Waals surface area (Å²) < 4.78 is 51.1. The molecule has 12 nitrogen and oxygen atoms in total. The SMILES string of the molecule is COC(C)OC(C)O[Si](CCCNC(N)=O)(OC(C)OC(C)OC)OC(C)OC(C)OC. The number of hydrogen-bond acceptors (Lipinski definition) is 10. The van der Waals surface area contributed by atoms with Crippen LogP contribution in [-0.4, -0.2) is 80.4 Å². The third-order valence-electron chi connectivity index (χ3n) is 4.14. The second kappa shape index (κ2) is 16.7. The van der Waals surface area contributed by atoms with Crippen LogP contribution in [0, 0.1) is 0 Å².